The van der Waals surface area contributed by atoms with Crippen molar-refractivity contribution in [1.29, 1.82) is 0 Å². The molecule has 16 heavy (non-hydrogen) atoms. The molecule has 1 aliphatic heterocycles. The van der Waals surface area contributed by atoms with Gasteiger partial charge in [0, 0.05) is 46.5 Å². The Labute approximate surface area is 95.7 Å². The van der Waals surface area contributed by atoms with Crippen LogP contribution in [0.1, 0.15) is 12.1 Å². The Morgan fingerprint density at radius 1 is 1.69 bits per heavy atom. The number of methoxy groups -OCH3 is 1. The normalized spacial score (nSPS) is 25.1. The zero-order valence-corrected chi connectivity index (χ0v) is 9.90. The van der Waals surface area contributed by atoms with Gasteiger partial charge in [0.15, 0.2) is 0 Å². The molecule has 0 bridgehead atoms. The lowest BCUT2D eigenvalue weighted by Gasteiger charge is -2.25. The summed E-state index contributed by atoms with van der Waals surface area (Å²) in [5.74, 6) is 0. The molecule has 90 valence electrons. The first-order chi connectivity index (χ1) is 7.74. The topological polar surface area (TPSA) is 48.3 Å². The van der Waals surface area contributed by atoms with Gasteiger partial charge in [-0.15, -0.1) is 0 Å². The van der Waals surface area contributed by atoms with Crippen molar-refractivity contribution < 1.29 is 9.47 Å². The van der Waals surface area contributed by atoms with Gasteiger partial charge in [-0.05, 0) is 6.07 Å². The molecule has 1 aliphatic rings. The Hall–Kier alpha value is -0.910. The highest BCUT2D eigenvalue weighted by Crippen LogP contribution is 2.21. The Balaban J connectivity index is 1.78. The van der Waals surface area contributed by atoms with Crippen LogP contribution in [0.2, 0.25) is 0 Å². The van der Waals surface area contributed by atoms with Crippen LogP contribution in [0.3, 0.4) is 0 Å². The molecule has 1 N–H and O–H groups in total. The molecule has 0 saturated carbocycles. The second-order valence-corrected chi connectivity index (χ2v) is 4.27. The molecule has 0 amide bonds. The van der Waals surface area contributed by atoms with Crippen molar-refractivity contribution in [3.63, 3.8) is 0 Å². The second kappa shape index (κ2) is 4.95. The molecule has 2 heterocycles. The van der Waals surface area contributed by atoms with Crippen molar-refractivity contribution in [1.82, 2.24) is 15.1 Å². The van der Waals surface area contributed by atoms with Crippen molar-refractivity contribution >= 4 is 0 Å². The van der Waals surface area contributed by atoms with E-state index < -0.39 is 0 Å². The predicted octanol–water partition coefficient (Wildman–Crippen LogP) is 0.315. The zero-order chi connectivity index (χ0) is 11.4. The minimum absolute atomic E-state index is 0.144. The fourth-order valence-corrected chi connectivity index (χ4v) is 1.94. The molecule has 1 saturated heterocycles. The van der Waals surface area contributed by atoms with Crippen molar-refractivity contribution in [2.45, 2.75) is 18.6 Å². The summed E-state index contributed by atoms with van der Waals surface area (Å²) >= 11 is 0. The van der Waals surface area contributed by atoms with Crippen molar-refractivity contribution in [2.24, 2.45) is 7.05 Å². The van der Waals surface area contributed by atoms with E-state index in [4.69, 9.17) is 9.47 Å². The molecule has 2 rings (SSSR count). The fraction of sp³-hybridized carbons (Fsp3) is 0.727. The number of hydrogen-bond acceptors (Lipinski definition) is 4. The van der Waals surface area contributed by atoms with E-state index in [-0.39, 0.29) is 5.60 Å². The zero-order valence-electron chi connectivity index (χ0n) is 9.90. The van der Waals surface area contributed by atoms with Gasteiger partial charge in [0.2, 0.25) is 0 Å². The van der Waals surface area contributed by atoms with Crippen LogP contribution < -0.4 is 5.32 Å². The van der Waals surface area contributed by atoms with Crippen LogP contribution in [-0.2, 0) is 23.1 Å². The third-order valence-electron chi connectivity index (χ3n) is 3.02. The molecule has 1 unspecified atom stereocenters. The van der Waals surface area contributed by atoms with Crippen molar-refractivity contribution in [2.75, 3.05) is 26.9 Å². The number of aromatic nitrogens is 2. The number of nitrogens with zero attached hydrogens (tertiary/aromatic N) is 2. The van der Waals surface area contributed by atoms with Gasteiger partial charge in [0.25, 0.3) is 0 Å². The molecule has 0 radical (unpaired) electrons. The maximum absolute atomic E-state index is 5.53. The highest BCUT2D eigenvalue weighted by Gasteiger charge is 2.34. The van der Waals surface area contributed by atoms with Crippen LogP contribution in [0.15, 0.2) is 12.3 Å². The van der Waals surface area contributed by atoms with Gasteiger partial charge in [-0.2, -0.15) is 5.10 Å². The SMILES string of the molecule is COC1(CNCc2ccn(C)n2)CCOC1. The van der Waals surface area contributed by atoms with E-state index in [0.717, 1.165) is 31.8 Å². The lowest BCUT2D eigenvalue weighted by molar-refractivity contribution is -0.0159. The summed E-state index contributed by atoms with van der Waals surface area (Å²) in [5.41, 5.74) is 0.905. The lowest BCUT2D eigenvalue weighted by atomic mass is 10.0. The lowest BCUT2D eigenvalue weighted by Crippen LogP contribution is -2.42. The van der Waals surface area contributed by atoms with E-state index in [1.54, 1.807) is 7.11 Å². The third kappa shape index (κ3) is 2.61. The van der Waals surface area contributed by atoms with Crippen LogP contribution in [0.4, 0.5) is 0 Å². The average Bonchev–Trinajstić information content (AvgIpc) is 2.89. The van der Waals surface area contributed by atoms with E-state index in [0.29, 0.717) is 6.61 Å². The highest BCUT2D eigenvalue weighted by atomic mass is 16.5. The molecular weight excluding hydrogens is 206 g/mol. The summed E-state index contributed by atoms with van der Waals surface area (Å²) in [7, 11) is 3.67. The second-order valence-electron chi connectivity index (χ2n) is 4.27. The van der Waals surface area contributed by atoms with Crippen LogP contribution in [-0.4, -0.2) is 42.2 Å². The monoisotopic (exact) mass is 225 g/mol. The fourth-order valence-electron chi connectivity index (χ4n) is 1.94. The summed E-state index contributed by atoms with van der Waals surface area (Å²) in [5, 5.41) is 7.67. The van der Waals surface area contributed by atoms with Crippen LogP contribution in [0, 0.1) is 0 Å². The Bertz CT molecular complexity index is 332. The summed E-state index contributed by atoms with van der Waals surface area (Å²) in [6.07, 6.45) is 2.90. The number of rotatable bonds is 5. The molecule has 1 aromatic heterocycles. The van der Waals surface area contributed by atoms with Crippen LogP contribution >= 0.6 is 0 Å². The maximum atomic E-state index is 5.53. The molecule has 0 aliphatic carbocycles. The third-order valence-corrected chi connectivity index (χ3v) is 3.02. The maximum Gasteiger partial charge on any atom is 0.106 e. The van der Waals surface area contributed by atoms with Gasteiger partial charge < -0.3 is 14.8 Å². The molecule has 1 atom stereocenters. The van der Waals surface area contributed by atoms with Crippen molar-refractivity contribution in [3.8, 4) is 0 Å². The number of nitrogens with one attached hydrogen (secondary N) is 1. The number of aryl methyl sites for hydroxylation is 1. The van der Waals surface area contributed by atoms with Crippen LogP contribution in [0.25, 0.3) is 0 Å². The molecular formula is C11H19N3O2. The first-order valence-corrected chi connectivity index (χ1v) is 5.56. The van der Waals surface area contributed by atoms with Gasteiger partial charge in [-0.3, -0.25) is 4.68 Å². The molecule has 1 aromatic rings. The number of ether oxygens (including phenoxy) is 2. The Morgan fingerprint density at radius 3 is 3.12 bits per heavy atom. The first kappa shape index (κ1) is 11.6. The first-order valence-electron chi connectivity index (χ1n) is 5.56. The quantitative estimate of drug-likeness (QED) is 0.784. The van der Waals surface area contributed by atoms with Gasteiger partial charge in [-0.25, -0.2) is 0 Å². The van der Waals surface area contributed by atoms with Gasteiger partial charge >= 0.3 is 0 Å². The van der Waals surface area contributed by atoms with Crippen molar-refractivity contribution in [3.05, 3.63) is 18.0 Å². The van der Waals surface area contributed by atoms with Gasteiger partial charge in [0.1, 0.15) is 5.60 Å². The van der Waals surface area contributed by atoms with Gasteiger partial charge in [-0.1, -0.05) is 0 Å². The van der Waals surface area contributed by atoms with Gasteiger partial charge in [0.05, 0.1) is 12.3 Å². The molecule has 0 spiro atoms. The average molecular weight is 225 g/mol. The molecule has 1 fully saturated rings. The summed E-state index contributed by atoms with van der Waals surface area (Å²) in [6.45, 7) is 3.05. The van der Waals surface area contributed by atoms with E-state index in [2.05, 4.69) is 10.4 Å². The summed E-state index contributed by atoms with van der Waals surface area (Å²) in [4.78, 5) is 0. The molecule has 0 aromatic carbocycles. The Morgan fingerprint density at radius 2 is 2.56 bits per heavy atom. The summed E-state index contributed by atoms with van der Waals surface area (Å²) in [6, 6.07) is 2.01. The standard InChI is InChI=1S/C11H19N3O2/c1-14-5-3-10(13-14)7-12-8-11(15-2)4-6-16-9-11/h3,5,12H,4,6-9H2,1-2H3. The smallest absolute Gasteiger partial charge is 0.106 e. The minimum Gasteiger partial charge on any atom is -0.378 e. The van der Waals surface area contributed by atoms with E-state index in [1.807, 2.05) is 24.0 Å². The highest BCUT2D eigenvalue weighted by molar-refractivity contribution is 4.98. The Kier molecular flexibility index (Phi) is 3.58. The van der Waals surface area contributed by atoms with Crippen LogP contribution in [0.5, 0.6) is 0 Å². The van der Waals surface area contributed by atoms with E-state index in [9.17, 15) is 0 Å². The summed E-state index contributed by atoms with van der Waals surface area (Å²) < 4.78 is 12.7. The molecule has 5 nitrogen and oxygen atoms in total. The molecule has 5 heteroatoms. The number of hydrogen-bond donors (Lipinski definition) is 1. The largest absolute Gasteiger partial charge is 0.378 e. The van der Waals surface area contributed by atoms with E-state index >= 15 is 0 Å². The predicted molar refractivity (Wildman–Crippen MR) is 60.1 cm³/mol. The van der Waals surface area contributed by atoms with E-state index in [1.165, 1.54) is 0 Å². The minimum atomic E-state index is -0.144.